The Hall–Kier alpha value is -1.14. The van der Waals surface area contributed by atoms with Crippen molar-refractivity contribution in [3.8, 4) is 0 Å². The topological polar surface area (TPSA) is 82.3 Å². The monoisotopic (exact) mass is 202 g/mol. The highest BCUT2D eigenvalue weighted by Gasteiger charge is 2.01. The van der Waals surface area contributed by atoms with E-state index in [4.69, 9.17) is 0 Å². The van der Waals surface area contributed by atoms with Crippen LogP contribution in [0, 0.1) is 0 Å². The van der Waals surface area contributed by atoms with Crippen molar-refractivity contribution in [2.24, 2.45) is 0 Å². The SMILES string of the molecule is CNNC(=O)CCCCC(=O)NNC. The Morgan fingerprint density at radius 3 is 1.50 bits per heavy atom. The molecule has 0 saturated heterocycles. The molecule has 4 N–H and O–H groups in total. The maximum absolute atomic E-state index is 10.9. The Labute approximate surface area is 83.8 Å². The highest BCUT2D eigenvalue weighted by Crippen LogP contribution is 1.98. The number of hydrazine groups is 2. The number of unbranched alkanes of at least 4 members (excludes halogenated alkanes) is 1. The Morgan fingerprint density at radius 2 is 1.21 bits per heavy atom. The molecule has 14 heavy (non-hydrogen) atoms. The molecule has 6 heteroatoms. The van der Waals surface area contributed by atoms with Crippen molar-refractivity contribution < 1.29 is 9.59 Å². The minimum atomic E-state index is -0.0541. The Bertz CT molecular complexity index is 164. The van der Waals surface area contributed by atoms with Crippen LogP contribution in [0.2, 0.25) is 0 Å². The molecule has 0 rings (SSSR count). The first-order valence-electron chi connectivity index (χ1n) is 4.62. The van der Waals surface area contributed by atoms with E-state index < -0.39 is 0 Å². The van der Waals surface area contributed by atoms with Crippen LogP contribution < -0.4 is 21.7 Å². The van der Waals surface area contributed by atoms with E-state index in [1.54, 1.807) is 14.1 Å². The van der Waals surface area contributed by atoms with E-state index in [-0.39, 0.29) is 11.8 Å². The van der Waals surface area contributed by atoms with E-state index in [1.807, 2.05) is 0 Å². The van der Waals surface area contributed by atoms with E-state index >= 15 is 0 Å². The first-order valence-corrected chi connectivity index (χ1v) is 4.62. The van der Waals surface area contributed by atoms with Gasteiger partial charge in [0.15, 0.2) is 0 Å². The second-order valence-electron chi connectivity index (χ2n) is 2.80. The van der Waals surface area contributed by atoms with E-state index in [9.17, 15) is 9.59 Å². The molecule has 0 aromatic carbocycles. The van der Waals surface area contributed by atoms with Crippen molar-refractivity contribution in [1.82, 2.24) is 21.7 Å². The minimum Gasteiger partial charge on any atom is -0.292 e. The van der Waals surface area contributed by atoms with Crippen LogP contribution in [0.1, 0.15) is 25.7 Å². The summed E-state index contributed by atoms with van der Waals surface area (Å²) >= 11 is 0. The number of carbonyl (C=O) groups is 2. The second kappa shape index (κ2) is 8.46. The zero-order valence-corrected chi connectivity index (χ0v) is 8.64. The van der Waals surface area contributed by atoms with Gasteiger partial charge in [0, 0.05) is 26.9 Å². The van der Waals surface area contributed by atoms with Gasteiger partial charge < -0.3 is 0 Å². The zero-order chi connectivity index (χ0) is 10.8. The van der Waals surface area contributed by atoms with Crippen LogP contribution in [-0.2, 0) is 9.59 Å². The number of hydrogen-bond acceptors (Lipinski definition) is 4. The number of nitrogens with one attached hydrogen (secondary N) is 4. The van der Waals surface area contributed by atoms with Crippen LogP contribution in [-0.4, -0.2) is 25.9 Å². The summed E-state index contributed by atoms with van der Waals surface area (Å²) in [5.74, 6) is -0.108. The van der Waals surface area contributed by atoms with Crippen molar-refractivity contribution in [3.63, 3.8) is 0 Å². The number of rotatable bonds is 7. The molecule has 0 heterocycles. The lowest BCUT2D eigenvalue weighted by molar-refractivity contribution is -0.123. The number of amides is 2. The summed E-state index contributed by atoms with van der Waals surface area (Å²) in [6.07, 6.45) is 2.30. The molecule has 0 saturated carbocycles. The normalized spacial score (nSPS) is 9.57. The third kappa shape index (κ3) is 7.51. The van der Waals surface area contributed by atoms with Crippen LogP contribution >= 0.6 is 0 Å². The average Bonchev–Trinajstić information content (AvgIpc) is 2.13. The Morgan fingerprint density at radius 1 is 0.857 bits per heavy atom. The highest BCUT2D eigenvalue weighted by atomic mass is 16.2. The van der Waals surface area contributed by atoms with Gasteiger partial charge in [0.05, 0.1) is 0 Å². The predicted molar refractivity (Wildman–Crippen MR) is 52.9 cm³/mol. The summed E-state index contributed by atoms with van der Waals surface area (Å²) in [5, 5.41) is 0. The van der Waals surface area contributed by atoms with Crippen molar-refractivity contribution in [2.75, 3.05) is 14.1 Å². The molecule has 0 aliphatic heterocycles. The summed E-state index contributed by atoms with van der Waals surface area (Å²) in [7, 11) is 3.27. The molecule has 0 atom stereocenters. The molecule has 0 spiro atoms. The molecule has 0 aromatic rings. The van der Waals surface area contributed by atoms with Gasteiger partial charge in [0.2, 0.25) is 11.8 Å². The molecule has 0 unspecified atom stereocenters. The molecule has 82 valence electrons. The molecular formula is C8H18N4O2. The first kappa shape index (κ1) is 12.9. The lowest BCUT2D eigenvalue weighted by Crippen LogP contribution is -2.34. The molecule has 0 radical (unpaired) electrons. The van der Waals surface area contributed by atoms with E-state index in [0.29, 0.717) is 25.7 Å². The Kier molecular flexibility index (Phi) is 7.77. The fraction of sp³-hybridized carbons (Fsp3) is 0.750. The van der Waals surface area contributed by atoms with Crippen LogP contribution in [0.25, 0.3) is 0 Å². The predicted octanol–water partition coefficient (Wildman–Crippen LogP) is -0.952. The summed E-state index contributed by atoms with van der Waals surface area (Å²) in [5.41, 5.74) is 10.0. The lowest BCUT2D eigenvalue weighted by atomic mass is 10.2. The van der Waals surface area contributed by atoms with E-state index in [0.717, 1.165) is 0 Å². The largest absolute Gasteiger partial charge is 0.292 e. The summed E-state index contributed by atoms with van der Waals surface area (Å²) < 4.78 is 0. The summed E-state index contributed by atoms with van der Waals surface area (Å²) in [6, 6.07) is 0. The molecule has 0 bridgehead atoms. The third-order valence-electron chi connectivity index (χ3n) is 1.59. The van der Waals surface area contributed by atoms with Gasteiger partial charge in [0.25, 0.3) is 0 Å². The van der Waals surface area contributed by atoms with Gasteiger partial charge in [-0.2, -0.15) is 0 Å². The standard InChI is InChI=1S/C8H18N4O2/c1-9-11-7(13)5-3-4-6-8(14)12-10-2/h9-10H,3-6H2,1-2H3,(H,11,13)(H,12,14). The van der Waals surface area contributed by atoms with Crippen molar-refractivity contribution in [3.05, 3.63) is 0 Å². The summed E-state index contributed by atoms with van der Waals surface area (Å²) in [6.45, 7) is 0. The summed E-state index contributed by atoms with van der Waals surface area (Å²) in [4.78, 5) is 21.9. The highest BCUT2D eigenvalue weighted by molar-refractivity contribution is 5.76. The van der Waals surface area contributed by atoms with E-state index in [1.165, 1.54) is 0 Å². The van der Waals surface area contributed by atoms with Crippen LogP contribution in [0.15, 0.2) is 0 Å². The minimum absolute atomic E-state index is 0.0541. The molecule has 0 aliphatic rings. The van der Waals surface area contributed by atoms with E-state index in [2.05, 4.69) is 21.7 Å². The zero-order valence-electron chi connectivity index (χ0n) is 8.64. The van der Waals surface area contributed by atoms with Gasteiger partial charge in [-0.1, -0.05) is 0 Å². The van der Waals surface area contributed by atoms with Crippen LogP contribution in [0.3, 0.4) is 0 Å². The number of hydrogen-bond donors (Lipinski definition) is 4. The third-order valence-corrected chi connectivity index (χ3v) is 1.59. The quantitative estimate of drug-likeness (QED) is 0.317. The first-order chi connectivity index (χ1) is 6.70. The van der Waals surface area contributed by atoms with Crippen molar-refractivity contribution in [1.29, 1.82) is 0 Å². The maximum Gasteiger partial charge on any atom is 0.234 e. The molecule has 2 amide bonds. The Balaban J connectivity index is 3.28. The van der Waals surface area contributed by atoms with Gasteiger partial charge >= 0.3 is 0 Å². The smallest absolute Gasteiger partial charge is 0.234 e. The lowest BCUT2D eigenvalue weighted by Gasteiger charge is -2.03. The average molecular weight is 202 g/mol. The van der Waals surface area contributed by atoms with Gasteiger partial charge in [0.1, 0.15) is 0 Å². The van der Waals surface area contributed by atoms with Gasteiger partial charge in [-0.05, 0) is 12.8 Å². The van der Waals surface area contributed by atoms with Crippen molar-refractivity contribution >= 4 is 11.8 Å². The molecule has 0 fully saturated rings. The van der Waals surface area contributed by atoms with Crippen molar-refractivity contribution in [2.45, 2.75) is 25.7 Å². The number of carbonyl (C=O) groups excluding carboxylic acids is 2. The fourth-order valence-corrected chi connectivity index (χ4v) is 0.975. The molecule has 0 aliphatic carbocycles. The molecule has 0 aromatic heterocycles. The fourth-order valence-electron chi connectivity index (χ4n) is 0.975. The maximum atomic E-state index is 10.9. The van der Waals surface area contributed by atoms with Crippen LogP contribution in [0.5, 0.6) is 0 Å². The van der Waals surface area contributed by atoms with Gasteiger partial charge in [-0.3, -0.25) is 20.4 Å². The molecule has 6 nitrogen and oxygen atoms in total. The van der Waals surface area contributed by atoms with Crippen LogP contribution in [0.4, 0.5) is 0 Å². The second-order valence-corrected chi connectivity index (χ2v) is 2.80. The molecular weight excluding hydrogens is 184 g/mol. The van der Waals surface area contributed by atoms with Gasteiger partial charge in [-0.15, -0.1) is 0 Å². The van der Waals surface area contributed by atoms with Gasteiger partial charge in [-0.25, -0.2) is 10.9 Å².